The fourth-order valence-electron chi connectivity index (χ4n) is 2.21. The number of ether oxygens (including phenoxy) is 2. The van der Waals surface area contributed by atoms with Crippen LogP contribution in [0.4, 0.5) is 0 Å². The van der Waals surface area contributed by atoms with Gasteiger partial charge in [-0.2, -0.15) is 5.26 Å². The fraction of sp³-hybridized carbons (Fsp3) is 0.375. The molecule has 1 fully saturated rings. The molecule has 0 aliphatic carbocycles. The maximum Gasteiger partial charge on any atom is 0.262 e. The highest BCUT2D eigenvalue weighted by molar-refractivity contribution is 6.01. The van der Waals surface area contributed by atoms with Crippen LogP contribution in [0.1, 0.15) is 18.4 Å². The lowest BCUT2D eigenvalue weighted by molar-refractivity contribution is -0.117. The average Bonchev–Trinajstić information content (AvgIpc) is 3.05. The van der Waals surface area contributed by atoms with Gasteiger partial charge in [-0.15, -0.1) is 0 Å². The van der Waals surface area contributed by atoms with Crippen molar-refractivity contribution in [2.45, 2.75) is 18.9 Å². The van der Waals surface area contributed by atoms with Crippen molar-refractivity contribution in [3.63, 3.8) is 0 Å². The van der Waals surface area contributed by atoms with Crippen molar-refractivity contribution in [1.82, 2.24) is 5.32 Å². The second-order valence-electron chi connectivity index (χ2n) is 4.95. The quantitative estimate of drug-likeness (QED) is 0.637. The summed E-state index contributed by atoms with van der Waals surface area (Å²) in [5, 5.41) is 21.4. The third-order valence-electron chi connectivity index (χ3n) is 3.39. The SMILES string of the molecule is COc1cc(/C=C(\C#N)C(=O)NC[C@@H]2CCCO2)ccc1O. The molecule has 116 valence electrons. The van der Waals surface area contributed by atoms with Gasteiger partial charge >= 0.3 is 0 Å². The van der Waals surface area contributed by atoms with Gasteiger partial charge in [-0.25, -0.2) is 0 Å². The van der Waals surface area contributed by atoms with Gasteiger partial charge in [0, 0.05) is 13.2 Å². The lowest BCUT2D eigenvalue weighted by Crippen LogP contribution is -2.32. The van der Waals surface area contributed by atoms with Crippen LogP contribution >= 0.6 is 0 Å². The zero-order valence-corrected chi connectivity index (χ0v) is 12.3. The number of nitriles is 1. The molecule has 1 amide bonds. The Morgan fingerprint density at radius 1 is 1.64 bits per heavy atom. The summed E-state index contributed by atoms with van der Waals surface area (Å²) < 4.78 is 10.4. The lowest BCUT2D eigenvalue weighted by atomic mass is 10.1. The highest BCUT2D eigenvalue weighted by atomic mass is 16.5. The summed E-state index contributed by atoms with van der Waals surface area (Å²) in [4.78, 5) is 12.0. The molecular formula is C16H18N2O4. The van der Waals surface area contributed by atoms with Crippen LogP contribution in [0.25, 0.3) is 6.08 Å². The predicted octanol–water partition coefficient (Wildman–Crippen LogP) is 1.60. The third-order valence-corrected chi connectivity index (χ3v) is 3.39. The van der Waals surface area contributed by atoms with Crippen LogP contribution in [0, 0.1) is 11.3 Å². The van der Waals surface area contributed by atoms with Crippen molar-refractivity contribution in [3.05, 3.63) is 29.3 Å². The number of rotatable bonds is 5. The topological polar surface area (TPSA) is 91.6 Å². The molecule has 0 aromatic heterocycles. The highest BCUT2D eigenvalue weighted by Gasteiger charge is 2.17. The number of carbonyl (C=O) groups is 1. The average molecular weight is 302 g/mol. The summed E-state index contributed by atoms with van der Waals surface area (Å²) in [5.74, 6) is -0.156. The van der Waals surface area contributed by atoms with Gasteiger partial charge in [-0.1, -0.05) is 6.07 Å². The summed E-state index contributed by atoms with van der Waals surface area (Å²) in [6.07, 6.45) is 3.39. The van der Waals surface area contributed by atoms with E-state index in [2.05, 4.69) is 5.32 Å². The van der Waals surface area contributed by atoms with Crippen molar-refractivity contribution in [3.8, 4) is 17.6 Å². The first-order chi connectivity index (χ1) is 10.6. The number of carbonyl (C=O) groups excluding carboxylic acids is 1. The second-order valence-corrected chi connectivity index (χ2v) is 4.95. The van der Waals surface area contributed by atoms with Gasteiger partial charge in [0.15, 0.2) is 11.5 Å². The van der Waals surface area contributed by atoms with E-state index in [0.29, 0.717) is 12.1 Å². The first-order valence-corrected chi connectivity index (χ1v) is 7.02. The Balaban J connectivity index is 2.06. The number of phenols is 1. The van der Waals surface area contributed by atoms with Crippen LogP contribution in [-0.4, -0.2) is 37.4 Å². The van der Waals surface area contributed by atoms with E-state index in [9.17, 15) is 9.90 Å². The predicted molar refractivity (Wildman–Crippen MR) is 80.2 cm³/mol. The van der Waals surface area contributed by atoms with Crippen molar-refractivity contribution < 1.29 is 19.4 Å². The fourth-order valence-corrected chi connectivity index (χ4v) is 2.21. The molecule has 0 saturated carbocycles. The normalized spacial score (nSPS) is 17.8. The van der Waals surface area contributed by atoms with E-state index in [4.69, 9.17) is 14.7 Å². The molecule has 0 radical (unpaired) electrons. The molecule has 0 spiro atoms. The van der Waals surface area contributed by atoms with Crippen molar-refractivity contribution in [2.24, 2.45) is 0 Å². The Labute approximate surface area is 129 Å². The van der Waals surface area contributed by atoms with Gasteiger partial charge in [-0.3, -0.25) is 4.79 Å². The zero-order valence-electron chi connectivity index (χ0n) is 12.3. The van der Waals surface area contributed by atoms with Crippen molar-refractivity contribution in [2.75, 3.05) is 20.3 Å². The summed E-state index contributed by atoms with van der Waals surface area (Å²) in [6, 6.07) is 6.49. The van der Waals surface area contributed by atoms with E-state index < -0.39 is 5.91 Å². The third kappa shape index (κ3) is 3.99. The first-order valence-electron chi connectivity index (χ1n) is 7.02. The van der Waals surface area contributed by atoms with Crippen LogP contribution in [0.3, 0.4) is 0 Å². The van der Waals surface area contributed by atoms with E-state index >= 15 is 0 Å². The summed E-state index contributed by atoms with van der Waals surface area (Å²) in [5.41, 5.74) is 0.587. The molecule has 1 aromatic carbocycles. The van der Waals surface area contributed by atoms with Gasteiger partial charge in [0.2, 0.25) is 0 Å². The summed E-state index contributed by atoms with van der Waals surface area (Å²) in [6.45, 7) is 1.12. The van der Waals surface area contributed by atoms with Crippen LogP contribution in [0.2, 0.25) is 0 Å². The summed E-state index contributed by atoms with van der Waals surface area (Å²) in [7, 11) is 1.43. The Morgan fingerprint density at radius 2 is 2.45 bits per heavy atom. The molecule has 0 unspecified atom stereocenters. The molecule has 0 bridgehead atoms. The van der Waals surface area contributed by atoms with E-state index in [-0.39, 0.29) is 23.2 Å². The number of methoxy groups -OCH3 is 1. The maximum absolute atomic E-state index is 12.0. The van der Waals surface area contributed by atoms with E-state index in [0.717, 1.165) is 19.4 Å². The smallest absolute Gasteiger partial charge is 0.262 e. The maximum atomic E-state index is 12.0. The van der Waals surface area contributed by atoms with E-state index in [1.54, 1.807) is 12.1 Å². The van der Waals surface area contributed by atoms with Crippen LogP contribution in [0.5, 0.6) is 11.5 Å². The monoisotopic (exact) mass is 302 g/mol. The van der Waals surface area contributed by atoms with Crippen molar-refractivity contribution in [1.29, 1.82) is 5.26 Å². The molecule has 2 rings (SSSR count). The van der Waals surface area contributed by atoms with E-state index in [1.807, 2.05) is 6.07 Å². The first kappa shape index (κ1) is 15.9. The van der Waals surface area contributed by atoms with Crippen LogP contribution < -0.4 is 10.1 Å². The molecule has 1 saturated heterocycles. The number of amides is 1. The minimum atomic E-state index is -0.440. The molecule has 1 aliphatic heterocycles. The standard InChI is InChI=1S/C16H18N2O4/c1-21-15-8-11(4-5-14(15)19)7-12(9-17)16(20)18-10-13-3-2-6-22-13/h4-5,7-8,13,19H,2-3,6,10H2,1H3,(H,18,20)/b12-7+/t13-/m0/s1. The Hall–Kier alpha value is -2.52. The number of nitrogens with zero attached hydrogens (tertiary/aromatic N) is 1. The zero-order chi connectivity index (χ0) is 15.9. The van der Waals surface area contributed by atoms with Crippen LogP contribution in [0.15, 0.2) is 23.8 Å². The van der Waals surface area contributed by atoms with Gasteiger partial charge in [0.1, 0.15) is 11.6 Å². The molecule has 1 aromatic rings. The molecule has 1 heterocycles. The largest absolute Gasteiger partial charge is 0.504 e. The number of aromatic hydroxyl groups is 1. The number of phenolic OH excluding ortho intramolecular Hbond substituents is 1. The van der Waals surface area contributed by atoms with Gasteiger partial charge < -0.3 is 19.9 Å². The molecule has 6 nitrogen and oxygen atoms in total. The van der Waals surface area contributed by atoms with Gasteiger partial charge in [0.25, 0.3) is 5.91 Å². The number of hydrogen-bond donors (Lipinski definition) is 2. The van der Waals surface area contributed by atoms with Crippen LogP contribution in [-0.2, 0) is 9.53 Å². The van der Waals surface area contributed by atoms with E-state index in [1.165, 1.54) is 19.3 Å². The van der Waals surface area contributed by atoms with Gasteiger partial charge in [-0.05, 0) is 36.6 Å². The second kappa shape index (κ2) is 7.48. The van der Waals surface area contributed by atoms with Gasteiger partial charge in [0.05, 0.1) is 13.2 Å². The number of benzene rings is 1. The Bertz CT molecular complexity index is 613. The lowest BCUT2D eigenvalue weighted by Gasteiger charge is -2.10. The summed E-state index contributed by atoms with van der Waals surface area (Å²) >= 11 is 0. The van der Waals surface area contributed by atoms with Crippen molar-refractivity contribution >= 4 is 12.0 Å². The molecule has 1 aliphatic rings. The molecule has 2 N–H and O–H groups in total. The Kier molecular flexibility index (Phi) is 5.39. The minimum absolute atomic E-state index is 0.000918. The molecule has 1 atom stereocenters. The number of hydrogen-bond acceptors (Lipinski definition) is 5. The molecule has 22 heavy (non-hydrogen) atoms. The molecular weight excluding hydrogens is 284 g/mol. The molecule has 6 heteroatoms. The minimum Gasteiger partial charge on any atom is -0.504 e. The number of nitrogens with one attached hydrogen (secondary N) is 1. The highest BCUT2D eigenvalue weighted by Crippen LogP contribution is 2.27. The Morgan fingerprint density at radius 3 is 3.09 bits per heavy atom.